The number of aryl methyl sites for hydroxylation is 2. The predicted molar refractivity (Wildman–Crippen MR) is 78.0 cm³/mol. The first-order valence-corrected chi connectivity index (χ1v) is 7.02. The van der Waals surface area contributed by atoms with Crippen molar-refractivity contribution < 1.29 is 9.53 Å². The second-order valence-corrected chi connectivity index (χ2v) is 5.52. The Balaban J connectivity index is 1.90. The maximum Gasteiger partial charge on any atom is 0.270 e. The number of ether oxygens (including phenoxy) is 1. The van der Waals surface area contributed by atoms with E-state index < -0.39 is 0 Å². The highest BCUT2D eigenvalue weighted by Crippen LogP contribution is 2.29. The summed E-state index contributed by atoms with van der Waals surface area (Å²) >= 11 is 0. The molecule has 1 aliphatic rings. The summed E-state index contributed by atoms with van der Waals surface area (Å²) in [5.74, 6) is 0.216. The molecule has 0 N–H and O–H groups in total. The van der Waals surface area contributed by atoms with E-state index in [-0.39, 0.29) is 11.8 Å². The first-order valence-electron chi connectivity index (χ1n) is 7.02. The number of rotatable bonds is 3. The summed E-state index contributed by atoms with van der Waals surface area (Å²) in [5.41, 5.74) is 2.99. The van der Waals surface area contributed by atoms with Crippen molar-refractivity contribution in [3.8, 4) is 0 Å². The molecule has 0 bridgehead atoms. The van der Waals surface area contributed by atoms with Crippen molar-refractivity contribution in [2.45, 2.75) is 12.5 Å². The van der Waals surface area contributed by atoms with E-state index in [2.05, 4.69) is 5.10 Å². The zero-order valence-corrected chi connectivity index (χ0v) is 12.6. The quantitative estimate of drug-likeness (QED) is 0.851. The third-order valence-electron chi connectivity index (χ3n) is 4.07. The van der Waals surface area contributed by atoms with E-state index in [4.69, 9.17) is 4.74 Å². The van der Waals surface area contributed by atoms with E-state index in [0.717, 1.165) is 5.56 Å². The number of methoxy groups -OCH3 is 1. The number of fused-ring (bicyclic) bond motifs is 1. The van der Waals surface area contributed by atoms with Gasteiger partial charge >= 0.3 is 0 Å². The van der Waals surface area contributed by atoms with Crippen molar-refractivity contribution >= 4 is 5.91 Å². The van der Waals surface area contributed by atoms with Crippen molar-refractivity contribution in [3.63, 3.8) is 0 Å². The highest BCUT2D eigenvalue weighted by atomic mass is 16.5. The van der Waals surface area contributed by atoms with E-state index in [1.165, 1.54) is 5.69 Å². The number of nitrogens with zero attached hydrogens (tertiary/aromatic N) is 4. The van der Waals surface area contributed by atoms with E-state index in [1.807, 2.05) is 52.8 Å². The third-order valence-corrected chi connectivity index (χ3v) is 4.07. The minimum Gasteiger partial charge on any atom is -0.384 e. The van der Waals surface area contributed by atoms with Crippen molar-refractivity contribution in [1.82, 2.24) is 19.2 Å². The van der Waals surface area contributed by atoms with Gasteiger partial charge in [-0.25, -0.2) is 0 Å². The molecule has 0 fully saturated rings. The Bertz CT molecular complexity index is 658. The predicted octanol–water partition coefficient (Wildman–Crippen LogP) is 1.14. The molecule has 112 valence electrons. The van der Waals surface area contributed by atoms with Crippen LogP contribution >= 0.6 is 0 Å². The van der Waals surface area contributed by atoms with Crippen LogP contribution < -0.4 is 0 Å². The second-order valence-electron chi connectivity index (χ2n) is 5.52. The monoisotopic (exact) mass is 288 g/mol. The lowest BCUT2D eigenvalue weighted by Crippen LogP contribution is -2.40. The molecule has 0 aliphatic carbocycles. The normalized spacial score (nSPS) is 17.9. The topological polar surface area (TPSA) is 52.3 Å². The van der Waals surface area contributed by atoms with Crippen molar-refractivity contribution in [1.29, 1.82) is 0 Å². The largest absolute Gasteiger partial charge is 0.384 e. The van der Waals surface area contributed by atoms with Crippen LogP contribution in [0.5, 0.6) is 0 Å². The van der Waals surface area contributed by atoms with E-state index in [1.54, 1.807) is 7.11 Å². The summed E-state index contributed by atoms with van der Waals surface area (Å²) in [4.78, 5) is 14.6. The van der Waals surface area contributed by atoms with E-state index in [0.29, 0.717) is 25.4 Å². The van der Waals surface area contributed by atoms with Gasteiger partial charge in [0.1, 0.15) is 5.69 Å². The van der Waals surface area contributed by atoms with Crippen LogP contribution in [0.25, 0.3) is 0 Å². The molecular formula is C15H20N4O2. The molecule has 3 rings (SSSR count). The summed E-state index contributed by atoms with van der Waals surface area (Å²) in [6.07, 6.45) is 3.74. The van der Waals surface area contributed by atoms with Crippen LogP contribution in [0.2, 0.25) is 0 Å². The van der Waals surface area contributed by atoms with Crippen LogP contribution in [0.15, 0.2) is 24.5 Å². The molecule has 0 radical (unpaired) electrons. The van der Waals surface area contributed by atoms with E-state index >= 15 is 0 Å². The van der Waals surface area contributed by atoms with Gasteiger partial charge in [0.2, 0.25) is 0 Å². The SMILES string of the molecule is COC[C@@H]1CN(C(=O)c2cccn2C)Cc2cnn(C)c21. The fourth-order valence-corrected chi connectivity index (χ4v) is 3.10. The first-order chi connectivity index (χ1) is 10.1. The van der Waals surface area contributed by atoms with Gasteiger partial charge in [-0.05, 0) is 12.1 Å². The van der Waals surface area contributed by atoms with Gasteiger partial charge < -0.3 is 14.2 Å². The molecule has 0 unspecified atom stereocenters. The Morgan fingerprint density at radius 2 is 2.29 bits per heavy atom. The zero-order valence-electron chi connectivity index (χ0n) is 12.6. The average molecular weight is 288 g/mol. The van der Waals surface area contributed by atoms with Crippen molar-refractivity contribution in [3.05, 3.63) is 41.5 Å². The van der Waals surface area contributed by atoms with Gasteiger partial charge in [-0.15, -0.1) is 0 Å². The summed E-state index contributed by atoms with van der Waals surface area (Å²) in [6.45, 7) is 1.85. The van der Waals surface area contributed by atoms with E-state index in [9.17, 15) is 4.79 Å². The Morgan fingerprint density at radius 1 is 1.48 bits per heavy atom. The number of amides is 1. The molecule has 0 spiro atoms. The number of carbonyl (C=O) groups excluding carboxylic acids is 1. The lowest BCUT2D eigenvalue weighted by molar-refractivity contribution is 0.0666. The fourth-order valence-electron chi connectivity index (χ4n) is 3.10. The van der Waals surface area contributed by atoms with Gasteiger partial charge in [-0.1, -0.05) is 0 Å². The number of hydrogen-bond donors (Lipinski definition) is 0. The molecule has 2 aromatic rings. The Labute approximate surface area is 123 Å². The van der Waals surface area contributed by atoms with Crippen LogP contribution in [-0.4, -0.2) is 45.4 Å². The Kier molecular flexibility index (Phi) is 3.55. The van der Waals surface area contributed by atoms with Crippen molar-refractivity contribution in [2.75, 3.05) is 20.3 Å². The van der Waals surface area contributed by atoms with Gasteiger partial charge in [-0.3, -0.25) is 9.48 Å². The number of carbonyl (C=O) groups is 1. The Hall–Kier alpha value is -2.08. The second kappa shape index (κ2) is 5.37. The summed E-state index contributed by atoms with van der Waals surface area (Å²) in [6, 6.07) is 3.74. The van der Waals surface area contributed by atoms with Gasteiger partial charge in [0.15, 0.2) is 0 Å². The van der Waals surface area contributed by atoms with Gasteiger partial charge in [0.25, 0.3) is 5.91 Å². The highest BCUT2D eigenvalue weighted by molar-refractivity contribution is 5.93. The van der Waals surface area contributed by atoms with Crippen LogP contribution in [0.4, 0.5) is 0 Å². The van der Waals surface area contributed by atoms with Gasteiger partial charge in [0.05, 0.1) is 18.5 Å². The number of aromatic nitrogens is 3. The molecule has 21 heavy (non-hydrogen) atoms. The molecule has 6 heteroatoms. The summed E-state index contributed by atoms with van der Waals surface area (Å²) in [5, 5.41) is 4.32. The Morgan fingerprint density at radius 3 is 2.95 bits per heavy atom. The van der Waals surface area contributed by atoms with Gasteiger partial charge in [0, 0.05) is 52.0 Å². The lowest BCUT2D eigenvalue weighted by atomic mass is 9.96. The van der Waals surface area contributed by atoms with Crippen molar-refractivity contribution in [2.24, 2.45) is 14.1 Å². The van der Waals surface area contributed by atoms with Crippen LogP contribution in [-0.2, 0) is 25.4 Å². The molecular weight excluding hydrogens is 268 g/mol. The maximum atomic E-state index is 12.7. The van der Waals surface area contributed by atoms with Crippen LogP contribution in [0.1, 0.15) is 27.7 Å². The lowest BCUT2D eigenvalue weighted by Gasteiger charge is -2.33. The highest BCUT2D eigenvalue weighted by Gasteiger charge is 2.32. The van der Waals surface area contributed by atoms with Crippen LogP contribution in [0, 0.1) is 0 Å². The molecule has 0 aromatic carbocycles. The third kappa shape index (κ3) is 2.35. The van der Waals surface area contributed by atoms with Crippen LogP contribution in [0.3, 0.4) is 0 Å². The standard InChI is InChI=1S/C15H20N4O2/c1-17-6-4-5-13(17)15(20)19-8-11-7-16-18(2)14(11)12(9-19)10-21-3/h4-7,12H,8-10H2,1-3H3/t12-/m0/s1. The van der Waals surface area contributed by atoms with Gasteiger partial charge in [-0.2, -0.15) is 5.10 Å². The molecule has 1 amide bonds. The smallest absolute Gasteiger partial charge is 0.270 e. The molecule has 1 aliphatic heterocycles. The average Bonchev–Trinajstić information content (AvgIpc) is 3.05. The molecule has 1 atom stereocenters. The summed E-state index contributed by atoms with van der Waals surface area (Å²) in [7, 11) is 5.52. The maximum absolute atomic E-state index is 12.7. The first kappa shape index (κ1) is 13.9. The zero-order chi connectivity index (χ0) is 15.0. The molecule has 3 heterocycles. The molecule has 0 saturated heterocycles. The number of hydrogen-bond acceptors (Lipinski definition) is 3. The molecule has 2 aromatic heterocycles. The summed E-state index contributed by atoms with van der Waals surface area (Å²) < 4.78 is 9.07. The molecule has 6 nitrogen and oxygen atoms in total. The fraction of sp³-hybridized carbons (Fsp3) is 0.467. The molecule has 0 saturated carbocycles. The minimum absolute atomic E-state index is 0.0538. The minimum atomic E-state index is 0.0538.